The Morgan fingerprint density at radius 2 is 1.75 bits per heavy atom. The van der Waals surface area contributed by atoms with Crippen LogP contribution in [0.25, 0.3) is 0 Å². The van der Waals surface area contributed by atoms with Crippen molar-refractivity contribution in [2.24, 2.45) is 0 Å². The Kier molecular flexibility index (Phi) is 4.56. The van der Waals surface area contributed by atoms with Crippen molar-refractivity contribution in [2.45, 2.75) is 6.42 Å². The van der Waals surface area contributed by atoms with Crippen LogP contribution in [0.4, 0.5) is 11.4 Å². The first-order valence-electron chi connectivity index (χ1n) is 7.57. The second-order valence-electron chi connectivity index (χ2n) is 5.56. The molecule has 0 aliphatic rings. The van der Waals surface area contributed by atoms with Crippen molar-refractivity contribution < 1.29 is 9.21 Å². The van der Waals surface area contributed by atoms with E-state index in [1.54, 1.807) is 0 Å². The van der Waals surface area contributed by atoms with Crippen LogP contribution in [0, 0.1) is 0 Å². The molecule has 3 aromatic rings. The summed E-state index contributed by atoms with van der Waals surface area (Å²) in [5, 5.41) is 10.5. The van der Waals surface area contributed by atoms with E-state index in [-0.39, 0.29) is 5.89 Å². The van der Waals surface area contributed by atoms with Crippen molar-refractivity contribution in [3.8, 4) is 0 Å². The molecule has 2 aromatic carbocycles. The third kappa shape index (κ3) is 3.78. The summed E-state index contributed by atoms with van der Waals surface area (Å²) < 4.78 is 5.44. The van der Waals surface area contributed by atoms with Gasteiger partial charge in [0.2, 0.25) is 5.89 Å². The van der Waals surface area contributed by atoms with Gasteiger partial charge in [0.05, 0.1) is 6.42 Å². The number of aromatic nitrogens is 2. The highest BCUT2D eigenvalue weighted by Gasteiger charge is 2.15. The lowest BCUT2D eigenvalue weighted by Gasteiger charge is -2.12. The molecule has 0 aliphatic carbocycles. The van der Waals surface area contributed by atoms with Gasteiger partial charge in [-0.15, -0.1) is 10.2 Å². The number of benzene rings is 2. The van der Waals surface area contributed by atoms with E-state index in [1.165, 1.54) is 0 Å². The number of hydrogen-bond acceptors (Lipinski definition) is 5. The van der Waals surface area contributed by atoms with Crippen molar-refractivity contribution in [1.82, 2.24) is 10.2 Å². The van der Waals surface area contributed by atoms with Crippen molar-refractivity contribution >= 4 is 17.3 Å². The van der Waals surface area contributed by atoms with Crippen LogP contribution < -0.4 is 10.2 Å². The fraction of sp³-hybridized carbons (Fsp3) is 0.167. The van der Waals surface area contributed by atoms with Crippen LogP contribution in [0.2, 0.25) is 0 Å². The number of nitrogens with zero attached hydrogens (tertiary/aromatic N) is 3. The second-order valence-corrected chi connectivity index (χ2v) is 5.56. The largest absolute Gasteiger partial charge is 0.417 e. The molecule has 0 radical (unpaired) electrons. The minimum atomic E-state index is -0.417. The van der Waals surface area contributed by atoms with Crippen LogP contribution in [0.1, 0.15) is 22.1 Å². The zero-order chi connectivity index (χ0) is 16.9. The molecule has 24 heavy (non-hydrogen) atoms. The molecule has 0 saturated carbocycles. The van der Waals surface area contributed by atoms with Gasteiger partial charge in [-0.2, -0.15) is 0 Å². The van der Waals surface area contributed by atoms with Crippen LogP contribution in [-0.4, -0.2) is 30.2 Å². The highest BCUT2D eigenvalue weighted by molar-refractivity contribution is 6.00. The molecule has 6 heteroatoms. The Bertz CT molecular complexity index is 811. The van der Waals surface area contributed by atoms with Crippen LogP contribution >= 0.6 is 0 Å². The normalized spacial score (nSPS) is 10.4. The molecule has 1 heterocycles. The maximum absolute atomic E-state index is 12.2. The standard InChI is InChI=1S/C18H18N4O2/c1-22(2)15-10-8-14(9-11-15)19-17(23)18-21-20-16(24-18)12-13-6-4-3-5-7-13/h3-11H,12H2,1-2H3,(H,19,23). The van der Waals surface area contributed by atoms with Gasteiger partial charge in [0.15, 0.2) is 0 Å². The lowest BCUT2D eigenvalue weighted by atomic mass is 10.2. The maximum atomic E-state index is 12.2. The first-order chi connectivity index (χ1) is 11.6. The first kappa shape index (κ1) is 15.7. The minimum absolute atomic E-state index is 0.0439. The molecule has 0 bridgehead atoms. The molecule has 0 atom stereocenters. The molecule has 122 valence electrons. The third-order valence-corrected chi connectivity index (χ3v) is 3.50. The van der Waals surface area contributed by atoms with Crippen molar-refractivity contribution in [2.75, 3.05) is 24.3 Å². The zero-order valence-electron chi connectivity index (χ0n) is 13.6. The van der Waals surface area contributed by atoms with E-state index >= 15 is 0 Å². The molecule has 0 spiro atoms. The highest BCUT2D eigenvalue weighted by atomic mass is 16.4. The summed E-state index contributed by atoms with van der Waals surface area (Å²) in [7, 11) is 3.92. The Hall–Kier alpha value is -3.15. The molecular weight excluding hydrogens is 304 g/mol. The minimum Gasteiger partial charge on any atom is -0.417 e. The average Bonchev–Trinajstić information content (AvgIpc) is 3.05. The van der Waals surface area contributed by atoms with E-state index < -0.39 is 5.91 Å². The maximum Gasteiger partial charge on any atom is 0.313 e. The van der Waals surface area contributed by atoms with Gasteiger partial charge in [-0.1, -0.05) is 30.3 Å². The summed E-state index contributed by atoms with van der Waals surface area (Å²) >= 11 is 0. The molecule has 1 aromatic heterocycles. The molecular formula is C18H18N4O2. The molecule has 0 saturated heterocycles. The highest BCUT2D eigenvalue weighted by Crippen LogP contribution is 2.16. The number of nitrogens with one attached hydrogen (secondary N) is 1. The van der Waals surface area contributed by atoms with Crippen molar-refractivity contribution in [3.63, 3.8) is 0 Å². The summed E-state index contributed by atoms with van der Waals surface area (Å²) in [6.07, 6.45) is 0.499. The van der Waals surface area contributed by atoms with E-state index in [0.717, 1.165) is 11.3 Å². The Morgan fingerprint density at radius 1 is 1.04 bits per heavy atom. The van der Waals surface area contributed by atoms with E-state index in [4.69, 9.17) is 4.42 Å². The molecule has 1 amide bonds. The van der Waals surface area contributed by atoms with E-state index in [9.17, 15) is 4.79 Å². The first-order valence-corrected chi connectivity index (χ1v) is 7.57. The summed E-state index contributed by atoms with van der Waals surface area (Å²) in [6, 6.07) is 17.3. The predicted octanol–water partition coefficient (Wildman–Crippen LogP) is 2.98. The van der Waals surface area contributed by atoms with Gasteiger partial charge in [-0.05, 0) is 29.8 Å². The molecule has 0 aliphatic heterocycles. The van der Waals surface area contributed by atoms with Crippen molar-refractivity contribution in [3.05, 3.63) is 71.9 Å². The fourth-order valence-corrected chi connectivity index (χ4v) is 2.21. The number of hydrogen-bond donors (Lipinski definition) is 1. The van der Waals surface area contributed by atoms with E-state index in [0.29, 0.717) is 18.0 Å². The van der Waals surface area contributed by atoms with Gasteiger partial charge in [0.25, 0.3) is 0 Å². The topological polar surface area (TPSA) is 71.3 Å². The lowest BCUT2D eigenvalue weighted by molar-refractivity contribution is 0.0988. The van der Waals surface area contributed by atoms with Gasteiger partial charge in [0.1, 0.15) is 0 Å². The predicted molar refractivity (Wildman–Crippen MR) is 92.3 cm³/mol. The Labute approximate surface area is 140 Å². The summed E-state index contributed by atoms with van der Waals surface area (Å²) in [5.41, 5.74) is 2.77. The van der Waals surface area contributed by atoms with Gasteiger partial charge >= 0.3 is 11.8 Å². The summed E-state index contributed by atoms with van der Waals surface area (Å²) in [4.78, 5) is 14.2. The molecule has 1 N–H and O–H groups in total. The molecule has 6 nitrogen and oxygen atoms in total. The summed E-state index contributed by atoms with van der Waals surface area (Å²) in [5.74, 6) is -0.0497. The van der Waals surface area contributed by atoms with Gasteiger partial charge in [-0.3, -0.25) is 4.79 Å². The van der Waals surface area contributed by atoms with Gasteiger partial charge in [0, 0.05) is 25.5 Å². The number of rotatable bonds is 5. The number of carbonyl (C=O) groups excluding carboxylic acids is 1. The lowest BCUT2D eigenvalue weighted by Crippen LogP contribution is -2.13. The summed E-state index contributed by atoms with van der Waals surface area (Å²) in [6.45, 7) is 0. The van der Waals surface area contributed by atoms with Crippen molar-refractivity contribution in [1.29, 1.82) is 0 Å². The molecule has 3 rings (SSSR count). The van der Waals surface area contributed by atoms with Gasteiger partial charge in [-0.25, -0.2) is 0 Å². The number of carbonyl (C=O) groups is 1. The van der Waals surface area contributed by atoms with Crippen LogP contribution in [0.3, 0.4) is 0 Å². The molecule has 0 unspecified atom stereocenters. The Morgan fingerprint density at radius 3 is 2.42 bits per heavy atom. The monoisotopic (exact) mass is 322 g/mol. The number of anilines is 2. The van der Waals surface area contributed by atoms with E-state index in [1.807, 2.05) is 73.6 Å². The zero-order valence-corrected chi connectivity index (χ0v) is 13.6. The van der Waals surface area contributed by atoms with Crippen LogP contribution in [0.5, 0.6) is 0 Å². The Balaban J connectivity index is 1.65. The molecule has 0 fully saturated rings. The SMILES string of the molecule is CN(C)c1ccc(NC(=O)c2nnc(Cc3ccccc3)o2)cc1. The van der Waals surface area contributed by atoms with Gasteiger partial charge < -0.3 is 14.6 Å². The second kappa shape index (κ2) is 6.95. The quantitative estimate of drug-likeness (QED) is 0.782. The third-order valence-electron chi connectivity index (χ3n) is 3.50. The number of amides is 1. The fourth-order valence-electron chi connectivity index (χ4n) is 2.21. The smallest absolute Gasteiger partial charge is 0.313 e. The van der Waals surface area contributed by atoms with Crippen LogP contribution in [-0.2, 0) is 6.42 Å². The van der Waals surface area contributed by atoms with E-state index in [2.05, 4.69) is 15.5 Å². The average molecular weight is 322 g/mol. The van der Waals surface area contributed by atoms with Crippen LogP contribution in [0.15, 0.2) is 59.0 Å².